The molecule has 2 heterocycles. The van der Waals surface area contributed by atoms with Gasteiger partial charge in [0.25, 0.3) is 0 Å². The minimum absolute atomic E-state index is 0.0648. The van der Waals surface area contributed by atoms with Gasteiger partial charge in [0.15, 0.2) is 0 Å². The van der Waals surface area contributed by atoms with Crippen molar-refractivity contribution in [3.05, 3.63) is 29.1 Å². The van der Waals surface area contributed by atoms with Crippen LogP contribution in [0, 0.1) is 0 Å². The molecule has 0 radical (unpaired) electrons. The van der Waals surface area contributed by atoms with Gasteiger partial charge in [-0.05, 0) is 12.1 Å². The maximum absolute atomic E-state index is 10.9. The molecule has 5 heteroatoms. The van der Waals surface area contributed by atoms with Gasteiger partial charge in [-0.2, -0.15) is 0 Å². The van der Waals surface area contributed by atoms with Gasteiger partial charge in [-0.15, -0.1) is 0 Å². The standard InChI is InChI=1S/C8H5NO4/c10-7(11)5-2-1-4-6(9-5)3-13-8(4)12/h1-2H,3H2,(H,10,11). The van der Waals surface area contributed by atoms with E-state index in [2.05, 4.69) is 9.72 Å². The number of carbonyl (C=O) groups excluding carboxylic acids is 1. The van der Waals surface area contributed by atoms with Crippen LogP contribution in [0.25, 0.3) is 0 Å². The van der Waals surface area contributed by atoms with Crippen molar-refractivity contribution in [3.63, 3.8) is 0 Å². The zero-order chi connectivity index (χ0) is 9.42. The summed E-state index contributed by atoms with van der Waals surface area (Å²) in [5, 5.41) is 8.59. The molecule has 1 aliphatic heterocycles. The summed E-state index contributed by atoms with van der Waals surface area (Å²) >= 11 is 0. The van der Waals surface area contributed by atoms with Crippen LogP contribution in [-0.4, -0.2) is 22.0 Å². The lowest BCUT2D eigenvalue weighted by Crippen LogP contribution is -2.03. The molecule has 0 amide bonds. The summed E-state index contributed by atoms with van der Waals surface area (Å²) in [5.74, 6) is -1.55. The van der Waals surface area contributed by atoms with E-state index in [1.807, 2.05) is 0 Å². The van der Waals surface area contributed by atoms with E-state index in [4.69, 9.17) is 5.11 Å². The maximum Gasteiger partial charge on any atom is 0.354 e. The normalized spacial score (nSPS) is 13.7. The summed E-state index contributed by atoms with van der Waals surface area (Å²) < 4.78 is 4.66. The number of nitrogens with zero attached hydrogens (tertiary/aromatic N) is 1. The third-order valence-electron chi connectivity index (χ3n) is 1.75. The molecule has 1 N–H and O–H groups in total. The molecule has 0 atom stereocenters. The molecule has 13 heavy (non-hydrogen) atoms. The fourth-order valence-corrected chi connectivity index (χ4v) is 1.13. The molecule has 0 saturated carbocycles. The summed E-state index contributed by atoms with van der Waals surface area (Å²) in [6.07, 6.45) is 0. The van der Waals surface area contributed by atoms with Crippen LogP contribution in [-0.2, 0) is 11.3 Å². The molecule has 0 aromatic carbocycles. The minimum Gasteiger partial charge on any atom is -0.477 e. The first-order valence-corrected chi connectivity index (χ1v) is 3.59. The van der Waals surface area contributed by atoms with Crippen molar-refractivity contribution in [1.29, 1.82) is 0 Å². The van der Waals surface area contributed by atoms with Crippen molar-refractivity contribution in [3.8, 4) is 0 Å². The molecule has 0 saturated heterocycles. The highest BCUT2D eigenvalue weighted by atomic mass is 16.5. The number of ether oxygens (including phenoxy) is 1. The van der Waals surface area contributed by atoms with E-state index in [1.54, 1.807) is 0 Å². The smallest absolute Gasteiger partial charge is 0.354 e. The molecule has 66 valence electrons. The van der Waals surface area contributed by atoms with Crippen LogP contribution in [0.2, 0.25) is 0 Å². The van der Waals surface area contributed by atoms with Gasteiger partial charge in [-0.1, -0.05) is 0 Å². The Bertz CT molecular complexity index is 399. The fourth-order valence-electron chi connectivity index (χ4n) is 1.13. The van der Waals surface area contributed by atoms with Crippen LogP contribution >= 0.6 is 0 Å². The third-order valence-corrected chi connectivity index (χ3v) is 1.75. The average Bonchev–Trinajstić information content (AvgIpc) is 2.47. The SMILES string of the molecule is O=C(O)c1ccc2c(n1)COC2=O. The highest BCUT2D eigenvalue weighted by Gasteiger charge is 2.23. The predicted molar refractivity (Wildman–Crippen MR) is 40.3 cm³/mol. The lowest BCUT2D eigenvalue weighted by molar-refractivity contribution is 0.0533. The first-order chi connectivity index (χ1) is 6.18. The Balaban J connectivity index is 2.51. The quantitative estimate of drug-likeness (QED) is 0.633. The fraction of sp³-hybridized carbons (Fsp3) is 0.125. The van der Waals surface area contributed by atoms with Crippen molar-refractivity contribution in [1.82, 2.24) is 4.98 Å². The van der Waals surface area contributed by atoms with Gasteiger partial charge in [0.05, 0.1) is 11.3 Å². The molecule has 2 rings (SSSR count). The molecule has 0 unspecified atom stereocenters. The number of carbonyl (C=O) groups is 2. The first kappa shape index (κ1) is 7.72. The van der Waals surface area contributed by atoms with E-state index in [0.29, 0.717) is 11.3 Å². The summed E-state index contributed by atoms with van der Waals surface area (Å²) in [7, 11) is 0. The van der Waals surface area contributed by atoms with Gasteiger partial charge >= 0.3 is 11.9 Å². The van der Waals surface area contributed by atoms with Crippen molar-refractivity contribution in [2.75, 3.05) is 0 Å². The largest absolute Gasteiger partial charge is 0.477 e. The summed E-state index contributed by atoms with van der Waals surface area (Å²) in [6.45, 7) is 0.0648. The van der Waals surface area contributed by atoms with Crippen LogP contribution in [0.5, 0.6) is 0 Å². The zero-order valence-corrected chi connectivity index (χ0v) is 6.48. The van der Waals surface area contributed by atoms with Crippen molar-refractivity contribution < 1.29 is 19.4 Å². The Hall–Kier alpha value is -1.91. The highest BCUT2D eigenvalue weighted by molar-refractivity contribution is 5.94. The van der Waals surface area contributed by atoms with E-state index >= 15 is 0 Å². The number of esters is 1. The van der Waals surface area contributed by atoms with E-state index in [-0.39, 0.29) is 12.3 Å². The van der Waals surface area contributed by atoms with Crippen LogP contribution < -0.4 is 0 Å². The number of rotatable bonds is 1. The lowest BCUT2D eigenvalue weighted by Gasteiger charge is -1.94. The Morgan fingerprint density at radius 3 is 3.00 bits per heavy atom. The third kappa shape index (κ3) is 1.14. The van der Waals surface area contributed by atoms with Gasteiger partial charge in [0.2, 0.25) is 0 Å². The Kier molecular flexibility index (Phi) is 1.51. The molecule has 0 fully saturated rings. The average molecular weight is 179 g/mol. The van der Waals surface area contributed by atoms with E-state index in [9.17, 15) is 9.59 Å². The van der Waals surface area contributed by atoms with Crippen LogP contribution in [0.1, 0.15) is 26.5 Å². The molecule has 0 spiro atoms. The summed E-state index contributed by atoms with van der Waals surface area (Å²) in [4.78, 5) is 25.2. The van der Waals surface area contributed by atoms with Gasteiger partial charge in [-0.3, -0.25) is 0 Å². The number of fused-ring (bicyclic) bond motifs is 1. The van der Waals surface area contributed by atoms with E-state index in [1.165, 1.54) is 12.1 Å². The van der Waals surface area contributed by atoms with Crippen molar-refractivity contribution in [2.45, 2.75) is 6.61 Å². The first-order valence-electron chi connectivity index (χ1n) is 3.59. The molecule has 1 aromatic heterocycles. The lowest BCUT2D eigenvalue weighted by atomic mass is 10.2. The second-order valence-electron chi connectivity index (χ2n) is 2.57. The van der Waals surface area contributed by atoms with E-state index < -0.39 is 11.9 Å². The number of carboxylic acids is 1. The van der Waals surface area contributed by atoms with Crippen LogP contribution in [0.15, 0.2) is 12.1 Å². The molecule has 0 aliphatic carbocycles. The molecule has 1 aromatic rings. The highest BCUT2D eigenvalue weighted by Crippen LogP contribution is 2.17. The molecule has 1 aliphatic rings. The summed E-state index contributed by atoms with van der Waals surface area (Å²) in [6, 6.07) is 2.70. The van der Waals surface area contributed by atoms with Gasteiger partial charge < -0.3 is 9.84 Å². The number of cyclic esters (lactones) is 1. The zero-order valence-electron chi connectivity index (χ0n) is 6.48. The number of aromatic nitrogens is 1. The number of carboxylic acid groups (broad SMARTS) is 1. The van der Waals surface area contributed by atoms with Crippen LogP contribution in [0.3, 0.4) is 0 Å². The second-order valence-corrected chi connectivity index (χ2v) is 2.57. The van der Waals surface area contributed by atoms with E-state index in [0.717, 1.165) is 0 Å². The van der Waals surface area contributed by atoms with Gasteiger partial charge in [-0.25, -0.2) is 14.6 Å². The Labute approximate surface area is 73.0 Å². The van der Waals surface area contributed by atoms with Crippen molar-refractivity contribution in [2.24, 2.45) is 0 Å². The predicted octanol–water partition coefficient (Wildman–Crippen LogP) is 0.450. The van der Waals surface area contributed by atoms with Crippen molar-refractivity contribution >= 4 is 11.9 Å². The number of aromatic carboxylic acids is 1. The summed E-state index contributed by atoms with van der Waals surface area (Å²) in [5.41, 5.74) is 0.673. The molecular weight excluding hydrogens is 174 g/mol. The number of pyridine rings is 1. The monoisotopic (exact) mass is 179 g/mol. The number of hydrogen-bond donors (Lipinski definition) is 1. The second kappa shape index (κ2) is 2.55. The molecular formula is C8H5NO4. The minimum atomic E-state index is -1.11. The van der Waals surface area contributed by atoms with Gasteiger partial charge in [0.1, 0.15) is 12.3 Å². The molecule has 0 bridgehead atoms. The molecule has 5 nitrogen and oxygen atoms in total. The Morgan fingerprint density at radius 1 is 1.54 bits per heavy atom. The van der Waals surface area contributed by atoms with Crippen LogP contribution in [0.4, 0.5) is 0 Å². The maximum atomic E-state index is 10.9. The topological polar surface area (TPSA) is 76.5 Å². The number of hydrogen-bond acceptors (Lipinski definition) is 4. The Morgan fingerprint density at radius 2 is 2.31 bits per heavy atom. The van der Waals surface area contributed by atoms with Gasteiger partial charge in [0, 0.05) is 0 Å².